The van der Waals surface area contributed by atoms with Crippen molar-refractivity contribution in [2.75, 3.05) is 6.61 Å². The summed E-state index contributed by atoms with van der Waals surface area (Å²) >= 11 is 0. The summed E-state index contributed by atoms with van der Waals surface area (Å²) in [6.07, 6.45) is 1.28. The van der Waals surface area contributed by atoms with Gasteiger partial charge in [0.05, 0.1) is 17.9 Å². The molecule has 0 saturated heterocycles. The van der Waals surface area contributed by atoms with Crippen LogP contribution in [0.25, 0.3) is 0 Å². The van der Waals surface area contributed by atoms with Crippen LogP contribution >= 0.6 is 0 Å². The summed E-state index contributed by atoms with van der Waals surface area (Å²) in [5.74, 6) is -1.96. The Morgan fingerprint density at radius 1 is 1.17 bits per heavy atom. The zero-order valence-electron chi connectivity index (χ0n) is 12.4. The zero-order valence-corrected chi connectivity index (χ0v) is 12.4. The standard InChI is InChI=1S/C14H26O4/c1-7-9-10(11(15)18-8-2)14(6,12(16)17)13(3,4)5/h10H,7-9H2,1-6H3,(H,16,17). The molecule has 0 aromatic heterocycles. The van der Waals surface area contributed by atoms with Crippen molar-refractivity contribution < 1.29 is 19.4 Å². The van der Waals surface area contributed by atoms with Crippen LogP contribution in [-0.4, -0.2) is 23.7 Å². The average molecular weight is 258 g/mol. The summed E-state index contributed by atoms with van der Waals surface area (Å²) in [5.41, 5.74) is -1.65. The minimum atomic E-state index is -1.13. The molecule has 0 fully saturated rings. The largest absolute Gasteiger partial charge is 0.481 e. The maximum absolute atomic E-state index is 12.0. The molecule has 0 bridgehead atoms. The van der Waals surface area contributed by atoms with Crippen LogP contribution in [0, 0.1) is 16.7 Å². The average Bonchev–Trinajstić information content (AvgIpc) is 2.23. The van der Waals surface area contributed by atoms with Crippen LogP contribution in [0.15, 0.2) is 0 Å². The number of esters is 1. The zero-order chi connectivity index (χ0) is 14.6. The van der Waals surface area contributed by atoms with Crippen molar-refractivity contribution >= 4 is 11.9 Å². The molecule has 0 saturated carbocycles. The Labute approximate surface area is 110 Å². The maximum Gasteiger partial charge on any atom is 0.310 e. The highest BCUT2D eigenvalue weighted by molar-refractivity contribution is 5.84. The van der Waals surface area contributed by atoms with E-state index in [0.29, 0.717) is 6.42 Å². The van der Waals surface area contributed by atoms with Gasteiger partial charge in [0.25, 0.3) is 0 Å². The Hall–Kier alpha value is -1.06. The number of hydrogen-bond acceptors (Lipinski definition) is 3. The molecular formula is C14H26O4. The molecule has 0 spiro atoms. The highest BCUT2D eigenvalue weighted by atomic mass is 16.5. The normalized spacial score (nSPS) is 16.8. The SMILES string of the molecule is CCCC(C(=O)OCC)C(C)(C(=O)O)C(C)(C)C. The van der Waals surface area contributed by atoms with Crippen LogP contribution in [0.1, 0.15) is 54.4 Å². The van der Waals surface area contributed by atoms with Gasteiger partial charge >= 0.3 is 11.9 Å². The van der Waals surface area contributed by atoms with Crippen molar-refractivity contribution in [3.63, 3.8) is 0 Å². The summed E-state index contributed by atoms with van der Waals surface area (Å²) in [7, 11) is 0. The second-order valence-corrected chi connectivity index (χ2v) is 5.85. The third-order valence-electron chi connectivity index (χ3n) is 3.85. The van der Waals surface area contributed by atoms with Crippen LogP contribution in [-0.2, 0) is 14.3 Å². The quantitative estimate of drug-likeness (QED) is 0.743. The van der Waals surface area contributed by atoms with E-state index in [1.54, 1.807) is 13.8 Å². The van der Waals surface area contributed by atoms with E-state index >= 15 is 0 Å². The maximum atomic E-state index is 12.0. The van der Waals surface area contributed by atoms with E-state index in [0.717, 1.165) is 6.42 Å². The molecule has 0 heterocycles. The van der Waals surface area contributed by atoms with Crippen LogP contribution < -0.4 is 0 Å². The van der Waals surface area contributed by atoms with Crippen molar-refractivity contribution in [3.05, 3.63) is 0 Å². The third-order valence-corrected chi connectivity index (χ3v) is 3.85. The van der Waals surface area contributed by atoms with Crippen LogP contribution in [0.5, 0.6) is 0 Å². The number of carboxylic acid groups (broad SMARTS) is 1. The topological polar surface area (TPSA) is 63.6 Å². The van der Waals surface area contributed by atoms with Gasteiger partial charge in [0.15, 0.2) is 0 Å². The lowest BCUT2D eigenvalue weighted by molar-refractivity contribution is -0.173. The Morgan fingerprint density at radius 2 is 1.67 bits per heavy atom. The summed E-state index contributed by atoms with van der Waals surface area (Å²) in [5, 5.41) is 9.57. The minimum absolute atomic E-state index is 0.277. The Kier molecular flexibility index (Phi) is 5.84. The van der Waals surface area contributed by atoms with E-state index in [9.17, 15) is 14.7 Å². The van der Waals surface area contributed by atoms with Gasteiger partial charge in [-0.3, -0.25) is 9.59 Å². The van der Waals surface area contributed by atoms with Crippen molar-refractivity contribution in [1.29, 1.82) is 0 Å². The Morgan fingerprint density at radius 3 is 1.94 bits per heavy atom. The summed E-state index contributed by atoms with van der Waals surface area (Å²) in [6, 6.07) is 0. The fraction of sp³-hybridized carbons (Fsp3) is 0.857. The molecule has 4 nitrogen and oxygen atoms in total. The molecule has 0 aliphatic carbocycles. The summed E-state index contributed by atoms with van der Waals surface area (Å²) in [4.78, 5) is 23.7. The van der Waals surface area contributed by atoms with Crippen molar-refractivity contribution in [2.24, 2.45) is 16.7 Å². The van der Waals surface area contributed by atoms with Crippen molar-refractivity contribution in [1.82, 2.24) is 0 Å². The first-order valence-electron chi connectivity index (χ1n) is 6.52. The molecule has 0 aromatic rings. The van der Waals surface area contributed by atoms with Gasteiger partial charge in [0, 0.05) is 0 Å². The van der Waals surface area contributed by atoms with Crippen LogP contribution in [0.3, 0.4) is 0 Å². The Bertz CT molecular complexity index is 303. The van der Waals surface area contributed by atoms with Gasteiger partial charge in [-0.2, -0.15) is 0 Å². The molecule has 106 valence electrons. The predicted molar refractivity (Wildman–Crippen MR) is 70.2 cm³/mol. The first kappa shape index (κ1) is 16.9. The van der Waals surface area contributed by atoms with E-state index < -0.39 is 28.7 Å². The molecule has 0 aliphatic rings. The fourth-order valence-electron chi connectivity index (χ4n) is 2.17. The molecule has 0 aliphatic heterocycles. The lowest BCUT2D eigenvalue weighted by Gasteiger charge is -2.42. The van der Waals surface area contributed by atoms with E-state index in [1.165, 1.54) is 0 Å². The highest BCUT2D eigenvalue weighted by Gasteiger charge is 2.53. The number of carbonyl (C=O) groups excluding carboxylic acids is 1. The molecule has 4 heteroatoms. The molecule has 2 unspecified atom stereocenters. The molecular weight excluding hydrogens is 232 g/mol. The fourth-order valence-corrected chi connectivity index (χ4v) is 2.17. The van der Waals surface area contributed by atoms with Gasteiger partial charge < -0.3 is 9.84 Å². The number of aliphatic carboxylic acids is 1. The number of hydrogen-bond donors (Lipinski definition) is 1. The van der Waals surface area contributed by atoms with Crippen LogP contribution in [0.4, 0.5) is 0 Å². The molecule has 0 rings (SSSR count). The van der Waals surface area contributed by atoms with Crippen molar-refractivity contribution in [2.45, 2.75) is 54.4 Å². The van der Waals surface area contributed by atoms with Gasteiger partial charge in [-0.25, -0.2) is 0 Å². The molecule has 1 N–H and O–H groups in total. The lowest BCUT2D eigenvalue weighted by atomic mass is 9.59. The van der Waals surface area contributed by atoms with Gasteiger partial charge in [0.1, 0.15) is 0 Å². The van der Waals surface area contributed by atoms with E-state index in [2.05, 4.69) is 0 Å². The number of carbonyl (C=O) groups is 2. The molecule has 0 amide bonds. The first-order valence-corrected chi connectivity index (χ1v) is 6.52. The number of ether oxygens (including phenoxy) is 1. The molecule has 2 atom stereocenters. The van der Waals surface area contributed by atoms with Gasteiger partial charge in [-0.1, -0.05) is 34.1 Å². The second-order valence-electron chi connectivity index (χ2n) is 5.85. The van der Waals surface area contributed by atoms with Crippen molar-refractivity contribution in [3.8, 4) is 0 Å². The smallest absolute Gasteiger partial charge is 0.310 e. The lowest BCUT2D eigenvalue weighted by Crippen LogP contribution is -2.49. The van der Waals surface area contributed by atoms with Gasteiger partial charge in [0.2, 0.25) is 0 Å². The molecule has 0 radical (unpaired) electrons. The predicted octanol–water partition coefficient (Wildman–Crippen LogP) is 3.10. The number of carboxylic acids is 1. The Balaban J connectivity index is 5.51. The first-order chi connectivity index (χ1) is 8.12. The second kappa shape index (κ2) is 6.21. The number of rotatable bonds is 6. The molecule has 0 aromatic carbocycles. The van der Waals surface area contributed by atoms with Crippen LogP contribution in [0.2, 0.25) is 0 Å². The summed E-state index contributed by atoms with van der Waals surface area (Å²) in [6.45, 7) is 11.1. The molecule has 18 heavy (non-hydrogen) atoms. The van der Waals surface area contributed by atoms with Gasteiger partial charge in [-0.05, 0) is 25.7 Å². The van der Waals surface area contributed by atoms with Gasteiger partial charge in [-0.15, -0.1) is 0 Å². The third kappa shape index (κ3) is 3.24. The highest BCUT2D eigenvalue weighted by Crippen LogP contribution is 2.47. The summed E-state index contributed by atoms with van der Waals surface area (Å²) < 4.78 is 5.05. The monoisotopic (exact) mass is 258 g/mol. The van der Waals surface area contributed by atoms with E-state index in [4.69, 9.17) is 4.74 Å². The minimum Gasteiger partial charge on any atom is -0.481 e. The van der Waals surface area contributed by atoms with E-state index in [1.807, 2.05) is 27.7 Å². The van der Waals surface area contributed by atoms with E-state index in [-0.39, 0.29) is 6.61 Å².